The van der Waals surface area contributed by atoms with Crippen molar-refractivity contribution >= 4 is 21.7 Å². The van der Waals surface area contributed by atoms with E-state index in [2.05, 4.69) is 10.9 Å². The summed E-state index contributed by atoms with van der Waals surface area (Å²) in [6.45, 7) is 0. The Morgan fingerprint density at radius 3 is 2.44 bits per heavy atom. The second-order valence-electron chi connectivity index (χ2n) is 5.94. The van der Waals surface area contributed by atoms with Gasteiger partial charge in [-0.1, -0.05) is 18.2 Å². The van der Waals surface area contributed by atoms with Crippen LogP contribution in [0.25, 0.3) is 0 Å². The van der Waals surface area contributed by atoms with Gasteiger partial charge in [-0.3, -0.25) is 20.4 Å². The summed E-state index contributed by atoms with van der Waals surface area (Å²) < 4.78 is 60.4. The molecule has 0 saturated carbocycles. The highest BCUT2D eigenvalue weighted by molar-refractivity contribution is 7.91. The predicted molar refractivity (Wildman–Crippen MR) is 82.8 cm³/mol. The van der Waals surface area contributed by atoms with Crippen molar-refractivity contribution in [2.75, 3.05) is 11.5 Å². The van der Waals surface area contributed by atoms with Gasteiger partial charge in [0.2, 0.25) is 11.8 Å². The van der Waals surface area contributed by atoms with Gasteiger partial charge < -0.3 is 0 Å². The molecule has 1 aliphatic heterocycles. The van der Waals surface area contributed by atoms with Crippen LogP contribution >= 0.6 is 0 Å². The number of rotatable bonds is 4. The first-order valence-corrected chi connectivity index (χ1v) is 9.31. The van der Waals surface area contributed by atoms with Crippen molar-refractivity contribution in [3.8, 4) is 0 Å². The molecule has 1 aliphatic rings. The van der Waals surface area contributed by atoms with Crippen LogP contribution in [0.3, 0.4) is 0 Å². The number of hydrogen-bond acceptors (Lipinski definition) is 4. The number of hydrazine groups is 1. The molecule has 1 aromatic rings. The van der Waals surface area contributed by atoms with Crippen molar-refractivity contribution in [1.82, 2.24) is 10.9 Å². The molecule has 6 nitrogen and oxygen atoms in total. The molecule has 2 rings (SSSR count). The first kappa shape index (κ1) is 19.2. The highest BCUT2D eigenvalue weighted by atomic mass is 32.2. The van der Waals surface area contributed by atoms with E-state index in [9.17, 15) is 31.2 Å². The number of hydrogen-bond donors (Lipinski definition) is 2. The number of amides is 2. The van der Waals surface area contributed by atoms with Crippen molar-refractivity contribution in [1.29, 1.82) is 0 Å². The van der Waals surface area contributed by atoms with E-state index in [1.165, 1.54) is 12.1 Å². The molecule has 0 spiro atoms. The number of carbonyl (C=O) groups excluding carboxylic acids is 2. The minimum atomic E-state index is -4.50. The third-order valence-electron chi connectivity index (χ3n) is 3.76. The van der Waals surface area contributed by atoms with Crippen LogP contribution in [-0.4, -0.2) is 31.7 Å². The van der Waals surface area contributed by atoms with Gasteiger partial charge in [0.25, 0.3) is 0 Å². The van der Waals surface area contributed by atoms with E-state index in [1.54, 1.807) is 0 Å². The molecule has 2 amide bonds. The molecule has 1 atom stereocenters. The lowest BCUT2D eigenvalue weighted by molar-refractivity contribution is -0.137. The number of alkyl halides is 3. The number of sulfone groups is 1. The van der Waals surface area contributed by atoms with Crippen LogP contribution < -0.4 is 10.9 Å². The number of nitrogens with one attached hydrogen (secondary N) is 2. The highest BCUT2D eigenvalue weighted by Crippen LogP contribution is 2.29. The standard InChI is InChI=1S/C15H17F3N2O4S/c16-15(17,18)12-3-1-2-10(6-12)7-13(21)19-20-14(22)8-11-4-5-25(23,24)9-11/h1-3,6,11H,4-5,7-9H2,(H,19,21)(H,20,22)/t11-/m1/s1. The Bertz CT molecular complexity index is 762. The molecule has 1 aromatic carbocycles. The predicted octanol–water partition coefficient (Wildman–Crippen LogP) is 1.22. The van der Waals surface area contributed by atoms with Crippen LogP contribution in [0.5, 0.6) is 0 Å². The third kappa shape index (κ3) is 6.04. The molecular weight excluding hydrogens is 361 g/mol. The molecule has 10 heteroatoms. The van der Waals surface area contributed by atoms with Gasteiger partial charge in [0.05, 0.1) is 23.5 Å². The SMILES string of the molecule is O=C(Cc1cccc(C(F)(F)F)c1)NNC(=O)C[C@H]1CCS(=O)(=O)C1. The molecular formula is C15H17F3N2O4S. The van der Waals surface area contributed by atoms with Crippen molar-refractivity contribution in [2.24, 2.45) is 5.92 Å². The molecule has 138 valence electrons. The van der Waals surface area contributed by atoms with E-state index in [-0.39, 0.29) is 35.8 Å². The van der Waals surface area contributed by atoms with Gasteiger partial charge in [0.15, 0.2) is 9.84 Å². The Labute approximate surface area is 142 Å². The molecule has 0 radical (unpaired) electrons. The molecule has 1 saturated heterocycles. The van der Waals surface area contributed by atoms with Crippen LogP contribution in [0.15, 0.2) is 24.3 Å². The number of carbonyl (C=O) groups is 2. The van der Waals surface area contributed by atoms with Crippen molar-refractivity contribution < 1.29 is 31.2 Å². The van der Waals surface area contributed by atoms with E-state index in [0.29, 0.717) is 6.42 Å². The van der Waals surface area contributed by atoms with Crippen molar-refractivity contribution in [2.45, 2.75) is 25.4 Å². The van der Waals surface area contributed by atoms with Crippen molar-refractivity contribution in [3.05, 3.63) is 35.4 Å². The van der Waals surface area contributed by atoms with E-state index < -0.39 is 33.4 Å². The topological polar surface area (TPSA) is 92.3 Å². The normalized spacial score (nSPS) is 19.4. The average Bonchev–Trinajstić information content (AvgIpc) is 2.83. The maximum Gasteiger partial charge on any atom is 0.416 e. The van der Waals surface area contributed by atoms with Gasteiger partial charge in [0, 0.05) is 6.42 Å². The first-order valence-electron chi connectivity index (χ1n) is 7.49. The number of halogens is 3. The fourth-order valence-electron chi connectivity index (χ4n) is 2.57. The smallest absolute Gasteiger partial charge is 0.273 e. The lowest BCUT2D eigenvalue weighted by atomic mass is 10.1. The lowest BCUT2D eigenvalue weighted by Gasteiger charge is -2.11. The summed E-state index contributed by atoms with van der Waals surface area (Å²) >= 11 is 0. The van der Waals surface area contributed by atoms with Gasteiger partial charge in [0.1, 0.15) is 0 Å². The van der Waals surface area contributed by atoms with Gasteiger partial charge in [-0.25, -0.2) is 8.42 Å². The summed E-state index contributed by atoms with van der Waals surface area (Å²) in [5, 5.41) is 0. The quantitative estimate of drug-likeness (QED) is 0.771. The zero-order valence-electron chi connectivity index (χ0n) is 13.1. The van der Waals surface area contributed by atoms with Crippen LogP contribution in [0, 0.1) is 5.92 Å². The third-order valence-corrected chi connectivity index (χ3v) is 5.60. The summed E-state index contributed by atoms with van der Waals surface area (Å²) in [6, 6.07) is 4.34. The van der Waals surface area contributed by atoms with E-state index >= 15 is 0 Å². The summed E-state index contributed by atoms with van der Waals surface area (Å²) in [5.41, 5.74) is 3.56. The minimum absolute atomic E-state index is 0.0386. The molecule has 0 bridgehead atoms. The second kappa shape index (κ2) is 7.42. The van der Waals surface area contributed by atoms with E-state index in [1.807, 2.05) is 0 Å². The van der Waals surface area contributed by atoms with Crippen LogP contribution in [0.4, 0.5) is 13.2 Å². The lowest BCUT2D eigenvalue weighted by Crippen LogP contribution is -2.43. The Kier molecular flexibility index (Phi) is 5.71. The molecule has 2 N–H and O–H groups in total. The fourth-order valence-corrected chi connectivity index (χ4v) is 4.43. The number of benzene rings is 1. The summed E-state index contributed by atoms with van der Waals surface area (Å²) in [7, 11) is -3.09. The highest BCUT2D eigenvalue weighted by Gasteiger charge is 2.31. The first-order chi connectivity index (χ1) is 11.5. The van der Waals surface area contributed by atoms with E-state index in [0.717, 1.165) is 12.1 Å². The molecule has 0 aromatic heterocycles. The average molecular weight is 378 g/mol. The summed E-state index contributed by atoms with van der Waals surface area (Å²) in [6.07, 6.45) is -4.47. The summed E-state index contributed by atoms with van der Waals surface area (Å²) in [5.74, 6) is -1.51. The Hall–Kier alpha value is -2.10. The minimum Gasteiger partial charge on any atom is -0.273 e. The largest absolute Gasteiger partial charge is 0.416 e. The van der Waals surface area contributed by atoms with Gasteiger partial charge in [-0.2, -0.15) is 13.2 Å². The van der Waals surface area contributed by atoms with Crippen LogP contribution in [0.1, 0.15) is 24.0 Å². The zero-order valence-corrected chi connectivity index (χ0v) is 13.9. The van der Waals surface area contributed by atoms with Gasteiger partial charge >= 0.3 is 6.18 Å². The second-order valence-corrected chi connectivity index (χ2v) is 8.17. The molecule has 1 heterocycles. The van der Waals surface area contributed by atoms with Crippen LogP contribution in [0.2, 0.25) is 0 Å². The molecule has 25 heavy (non-hydrogen) atoms. The maximum absolute atomic E-state index is 12.6. The van der Waals surface area contributed by atoms with E-state index in [4.69, 9.17) is 0 Å². The monoisotopic (exact) mass is 378 g/mol. The molecule has 0 aliphatic carbocycles. The Balaban J connectivity index is 1.80. The molecule has 0 unspecified atom stereocenters. The molecule has 1 fully saturated rings. The Morgan fingerprint density at radius 1 is 1.16 bits per heavy atom. The summed E-state index contributed by atoms with van der Waals surface area (Å²) in [4.78, 5) is 23.4. The fraction of sp³-hybridized carbons (Fsp3) is 0.467. The van der Waals surface area contributed by atoms with Crippen molar-refractivity contribution in [3.63, 3.8) is 0 Å². The zero-order chi connectivity index (χ0) is 18.7. The van der Waals surface area contributed by atoms with Gasteiger partial charge in [-0.05, 0) is 24.0 Å². The van der Waals surface area contributed by atoms with Gasteiger partial charge in [-0.15, -0.1) is 0 Å². The van der Waals surface area contributed by atoms with Crippen LogP contribution in [-0.2, 0) is 32.0 Å². The Morgan fingerprint density at radius 2 is 1.84 bits per heavy atom. The maximum atomic E-state index is 12.6.